The van der Waals surface area contributed by atoms with E-state index in [2.05, 4.69) is 9.97 Å². The summed E-state index contributed by atoms with van der Waals surface area (Å²) in [7, 11) is 1.38. The zero-order chi connectivity index (χ0) is 25.1. The normalized spacial score (nSPS) is 11.9. The van der Waals surface area contributed by atoms with E-state index in [0.29, 0.717) is 16.3 Å². The van der Waals surface area contributed by atoms with E-state index in [-0.39, 0.29) is 18.1 Å². The lowest BCUT2D eigenvalue weighted by Gasteiger charge is -2.17. The van der Waals surface area contributed by atoms with E-state index in [1.807, 2.05) is 38.1 Å². The second kappa shape index (κ2) is 10.2. The highest BCUT2D eigenvalue weighted by atomic mass is 35.5. The standard InChI is InChI=1S/C27H25ClN2O5/c1-4-23-29-22-13-19(11-15(2)25(22)30-23)24(27(33)34-3)16-7-9-20(10-8-16)35-14-18-6-5-17(26(31)32)12-21(18)28/h5-13,24H,4,14H2,1-3H3,(H,29,30)(H,31,32). The van der Waals surface area contributed by atoms with E-state index in [4.69, 9.17) is 26.2 Å². The molecule has 0 bridgehead atoms. The molecule has 1 aromatic heterocycles. The van der Waals surface area contributed by atoms with E-state index in [9.17, 15) is 9.59 Å². The fourth-order valence-electron chi connectivity index (χ4n) is 4.00. The number of aromatic nitrogens is 2. The summed E-state index contributed by atoms with van der Waals surface area (Å²) in [6.45, 7) is 4.19. The van der Waals surface area contributed by atoms with Gasteiger partial charge < -0.3 is 19.6 Å². The number of hydrogen-bond donors (Lipinski definition) is 2. The summed E-state index contributed by atoms with van der Waals surface area (Å²) in [5.41, 5.74) is 5.13. The zero-order valence-corrected chi connectivity index (χ0v) is 20.3. The molecule has 0 radical (unpaired) electrons. The van der Waals surface area contributed by atoms with Crippen LogP contribution in [0.1, 0.15) is 51.3 Å². The number of carboxylic acids is 1. The van der Waals surface area contributed by atoms with Crippen molar-refractivity contribution >= 4 is 34.6 Å². The fraction of sp³-hybridized carbons (Fsp3) is 0.222. The molecule has 7 nitrogen and oxygen atoms in total. The third-order valence-electron chi connectivity index (χ3n) is 5.86. The monoisotopic (exact) mass is 492 g/mol. The van der Waals surface area contributed by atoms with Crippen LogP contribution in [-0.2, 0) is 22.6 Å². The molecule has 1 heterocycles. The van der Waals surface area contributed by atoms with Crippen molar-refractivity contribution in [1.29, 1.82) is 0 Å². The molecule has 0 aliphatic heterocycles. The Labute approximate surface area is 207 Å². The van der Waals surface area contributed by atoms with Crippen molar-refractivity contribution in [2.24, 2.45) is 0 Å². The smallest absolute Gasteiger partial charge is 0.335 e. The van der Waals surface area contributed by atoms with Gasteiger partial charge in [-0.3, -0.25) is 4.79 Å². The van der Waals surface area contributed by atoms with Crippen molar-refractivity contribution in [2.45, 2.75) is 32.8 Å². The Hall–Kier alpha value is -3.84. The minimum absolute atomic E-state index is 0.117. The third kappa shape index (κ3) is 5.15. The number of aromatic amines is 1. The van der Waals surface area contributed by atoms with E-state index in [0.717, 1.165) is 40.0 Å². The summed E-state index contributed by atoms with van der Waals surface area (Å²) in [5, 5.41) is 9.39. The minimum atomic E-state index is -1.04. The number of aryl methyl sites for hydroxylation is 2. The molecule has 35 heavy (non-hydrogen) atoms. The molecule has 180 valence electrons. The summed E-state index contributed by atoms with van der Waals surface area (Å²) in [6, 6.07) is 15.6. The van der Waals surface area contributed by atoms with Gasteiger partial charge in [-0.25, -0.2) is 9.78 Å². The highest BCUT2D eigenvalue weighted by Gasteiger charge is 2.25. The number of halogens is 1. The minimum Gasteiger partial charge on any atom is -0.489 e. The van der Waals surface area contributed by atoms with Gasteiger partial charge in [-0.1, -0.05) is 42.8 Å². The van der Waals surface area contributed by atoms with E-state index in [1.165, 1.54) is 19.2 Å². The molecular weight excluding hydrogens is 468 g/mol. The molecule has 0 amide bonds. The number of carbonyl (C=O) groups is 2. The first-order valence-corrected chi connectivity index (χ1v) is 11.5. The number of ether oxygens (including phenoxy) is 2. The second-order valence-corrected chi connectivity index (χ2v) is 8.60. The van der Waals surface area contributed by atoms with Crippen molar-refractivity contribution in [1.82, 2.24) is 9.97 Å². The molecule has 4 aromatic rings. The van der Waals surface area contributed by atoms with Crippen LogP contribution in [0.15, 0.2) is 54.6 Å². The van der Waals surface area contributed by atoms with Crippen LogP contribution < -0.4 is 4.74 Å². The van der Waals surface area contributed by atoms with Gasteiger partial charge in [0.1, 0.15) is 24.1 Å². The van der Waals surface area contributed by atoms with Crippen LogP contribution in [0.2, 0.25) is 5.02 Å². The quantitative estimate of drug-likeness (QED) is 0.307. The van der Waals surface area contributed by atoms with E-state index >= 15 is 0 Å². The van der Waals surface area contributed by atoms with Gasteiger partial charge >= 0.3 is 11.9 Å². The SMILES string of the molecule is CCc1nc2c(C)cc(C(C(=O)OC)c3ccc(OCc4ccc(C(=O)O)cc4Cl)cc3)cc2[nH]1. The van der Waals surface area contributed by atoms with E-state index < -0.39 is 11.9 Å². The fourth-order valence-corrected chi connectivity index (χ4v) is 4.24. The molecule has 0 saturated carbocycles. The van der Waals surface area contributed by atoms with Gasteiger partial charge in [0.25, 0.3) is 0 Å². The Morgan fingerprint density at radius 3 is 2.46 bits per heavy atom. The van der Waals surface area contributed by atoms with Gasteiger partial charge in [0.2, 0.25) is 0 Å². The summed E-state index contributed by atoms with van der Waals surface area (Å²) in [5.74, 6) is -0.526. The number of fused-ring (bicyclic) bond motifs is 1. The second-order valence-electron chi connectivity index (χ2n) is 8.20. The highest BCUT2D eigenvalue weighted by Crippen LogP contribution is 2.31. The first-order chi connectivity index (χ1) is 16.8. The predicted octanol–water partition coefficient (Wildman–Crippen LogP) is 5.67. The van der Waals surface area contributed by atoms with Gasteiger partial charge in [0.05, 0.1) is 23.7 Å². The molecular formula is C27H25ClN2O5. The Morgan fingerprint density at radius 2 is 1.83 bits per heavy atom. The van der Waals surface area contributed by atoms with E-state index in [1.54, 1.807) is 18.2 Å². The summed E-state index contributed by atoms with van der Waals surface area (Å²) >= 11 is 6.19. The van der Waals surface area contributed by atoms with Crippen molar-refractivity contribution in [3.63, 3.8) is 0 Å². The molecule has 0 spiro atoms. The molecule has 2 N–H and O–H groups in total. The van der Waals surface area contributed by atoms with Crippen LogP contribution in [0.5, 0.6) is 5.75 Å². The molecule has 0 aliphatic carbocycles. The van der Waals surface area contributed by atoms with Crippen LogP contribution in [0.4, 0.5) is 0 Å². The summed E-state index contributed by atoms with van der Waals surface area (Å²) < 4.78 is 11.0. The van der Waals surface area contributed by atoms with Crippen molar-refractivity contribution < 1.29 is 24.2 Å². The van der Waals surface area contributed by atoms with Crippen LogP contribution in [-0.4, -0.2) is 34.1 Å². The van der Waals surface area contributed by atoms with Crippen LogP contribution in [0.3, 0.4) is 0 Å². The predicted molar refractivity (Wildman–Crippen MR) is 133 cm³/mol. The number of H-pyrrole nitrogens is 1. The lowest BCUT2D eigenvalue weighted by molar-refractivity contribution is -0.141. The number of nitrogens with one attached hydrogen (secondary N) is 1. The first-order valence-electron chi connectivity index (χ1n) is 11.1. The summed E-state index contributed by atoms with van der Waals surface area (Å²) in [4.78, 5) is 31.8. The van der Waals surface area contributed by atoms with Gasteiger partial charge in [-0.05, 0) is 53.9 Å². The number of imidazole rings is 1. The third-order valence-corrected chi connectivity index (χ3v) is 6.21. The molecule has 4 rings (SSSR count). The lowest BCUT2D eigenvalue weighted by atomic mass is 9.90. The largest absolute Gasteiger partial charge is 0.489 e. The van der Waals surface area contributed by atoms with Crippen molar-refractivity contribution in [3.05, 3.63) is 93.3 Å². The molecule has 1 unspecified atom stereocenters. The number of esters is 1. The Kier molecular flexibility index (Phi) is 7.07. The van der Waals surface area contributed by atoms with Gasteiger partial charge in [0.15, 0.2) is 0 Å². The van der Waals surface area contributed by atoms with Crippen LogP contribution in [0.25, 0.3) is 11.0 Å². The number of nitrogens with zero attached hydrogens (tertiary/aromatic N) is 1. The lowest BCUT2D eigenvalue weighted by Crippen LogP contribution is -2.16. The number of carbonyl (C=O) groups excluding carboxylic acids is 1. The van der Waals surface area contributed by atoms with Crippen LogP contribution in [0, 0.1) is 6.92 Å². The number of hydrogen-bond acceptors (Lipinski definition) is 5. The summed E-state index contributed by atoms with van der Waals surface area (Å²) in [6.07, 6.45) is 0.792. The van der Waals surface area contributed by atoms with Crippen molar-refractivity contribution in [2.75, 3.05) is 7.11 Å². The first kappa shape index (κ1) is 24.3. The number of aromatic carboxylic acids is 1. The number of rotatable bonds is 8. The molecule has 3 aromatic carbocycles. The number of benzene rings is 3. The number of methoxy groups -OCH3 is 1. The zero-order valence-electron chi connectivity index (χ0n) is 19.6. The topological polar surface area (TPSA) is 102 Å². The molecule has 0 saturated heterocycles. The molecule has 0 aliphatic rings. The molecule has 1 atom stereocenters. The maximum Gasteiger partial charge on any atom is 0.335 e. The Morgan fingerprint density at radius 1 is 1.09 bits per heavy atom. The number of carboxylic acid groups (broad SMARTS) is 1. The van der Waals surface area contributed by atoms with Crippen molar-refractivity contribution in [3.8, 4) is 5.75 Å². The Bertz CT molecular complexity index is 1390. The average molecular weight is 493 g/mol. The van der Waals surface area contributed by atoms with Gasteiger partial charge in [0, 0.05) is 17.0 Å². The molecule has 0 fully saturated rings. The van der Waals surface area contributed by atoms with Gasteiger partial charge in [-0.2, -0.15) is 0 Å². The van der Waals surface area contributed by atoms with Crippen LogP contribution >= 0.6 is 11.6 Å². The maximum atomic E-state index is 12.8. The average Bonchev–Trinajstić information content (AvgIpc) is 3.28. The van der Waals surface area contributed by atoms with Gasteiger partial charge in [-0.15, -0.1) is 0 Å². The highest BCUT2D eigenvalue weighted by molar-refractivity contribution is 6.31. The maximum absolute atomic E-state index is 12.8. The molecule has 8 heteroatoms. The Balaban J connectivity index is 1.57.